The van der Waals surface area contributed by atoms with Gasteiger partial charge in [0, 0.05) is 18.6 Å². The van der Waals surface area contributed by atoms with Gasteiger partial charge in [-0.3, -0.25) is 4.79 Å². The molecule has 2 rings (SSSR count). The number of aromatic nitrogens is 2. The van der Waals surface area contributed by atoms with Crippen LogP contribution < -0.4 is 5.56 Å². The van der Waals surface area contributed by atoms with E-state index in [1.807, 2.05) is 6.92 Å². The lowest BCUT2D eigenvalue weighted by molar-refractivity contribution is 0.333. The maximum atomic E-state index is 11.4. The minimum atomic E-state index is -0.289. The topological polar surface area (TPSA) is 47.5 Å². The molecule has 0 aliphatic carbocycles. The highest BCUT2D eigenvalue weighted by molar-refractivity contribution is 6.29. The molecule has 0 radical (unpaired) electrons. The Hall–Kier alpha value is -1.29. The maximum absolute atomic E-state index is 11.4. The summed E-state index contributed by atoms with van der Waals surface area (Å²) in [6.07, 6.45) is 1.75. The van der Waals surface area contributed by atoms with E-state index in [4.69, 9.17) is 16.1 Å². The second-order valence-electron chi connectivity index (χ2n) is 3.02. The highest BCUT2D eigenvalue weighted by Crippen LogP contribution is 2.10. The molecule has 0 unspecified atom stereocenters. The number of aryl methyl sites for hydroxylation is 1. The van der Waals surface area contributed by atoms with Gasteiger partial charge in [0.05, 0.1) is 0 Å². The third-order valence-corrected chi connectivity index (χ3v) is 2.06. The van der Waals surface area contributed by atoms with E-state index in [1.54, 1.807) is 6.07 Å². The first kappa shape index (κ1) is 9.27. The van der Waals surface area contributed by atoms with Crippen molar-refractivity contribution in [3.63, 3.8) is 0 Å². The number of nitrogens with zero attached hydrogens (tertiary/aromatic N) is 2. The van der Waals surface area contributed by atoms with E-state index in [1.165, 1.54) is 6.07 Å². The molecule has 0 fully saturated rings. The summed E-state index contributed by atoms with van der Waals surface area (Å²) < 4.78 is 6.43. The largest absolute Gasteiger partial charge is 0.374 e. The third kappa shape index (κ3) is 1.53. The van der Waals surface area contributed by atoms with Crippen LogP contribution in [0.5, 0.6) is 0 Å². The Balaban J connectivity index is 2.65. The van der Waals surface area contributed by atoms with E-state index in [2.05, 4.69) is 4.98 Å². The second-order valence-corrected chi connectivity index (χ2v) is 3.41. The number of fused-ring (bicyclic) bond motifs is 1. The summed E-state index contributed by atoms with van der Waals surface area (Å²) in [4.78, 5) is 15.3. The Bertz CT molecular complexity index is 515. The molecule has 0 aliphatic heterocycles. The standard InChI is InChI=1S/C9H9ClN2O2/c1-2-3-6-4-8-11-7(10)5-9(13)12(8)14-6/h4-5H,2-3H2,1H3. The van der Waals surface area contributed by atoms with Crippen LogP contribution >= 0.6 is 11.6 Å². The normalized spacial score (nSPS) is 11.0. The van der Waals surface area contributed by atoms with Crippen LogP contribution in [0.25, 0.3) is 5.65 Å². The van der Waals surface area contributed by atoms with Crippen molar-refractivity contribution >= 4 is 17.2 Å². The van der Waals surface area contributed by atoms with E-state index in [0.717, 1.165) is 23.2 Å². The van der Waals surface area contributed by atoms with Crippen LogP contribution in [0.2, 0.25) is 5.15 Å². The summed E-state index contributed by atoms with van der Waals surface area (Å²) in [6.45, 7) is 2.04. The summed E-state index contributed by atoms with van der Waals surface area (Å²) in [6, 6.07) is 2.96. The predicted molar refractivity (Wildman–Crippen MR) is 52.7 cm³/mol. The number of hydrogen-bond acceptors (Lipinski definition) is 3. The fourth-order valence-electron chi connectivity index (χ4n) is 1.29. The maximum Gasteiger partial charge on any atom is 0.288 e. The minimum Gasteiger partial charge on any atom is -0.374 e. The Morgan fingerprint density at radius 3 is 3.07 bits per heavy atom. The highest BCUT2D eigenvalue weighted by atomic mass is 35.5. The van der Waals surface area contributed by atoms with Crippen LogP contribution in [0.4, 0.5) is 0 Å². The average Bonchev–Trinajstić information content (AvgIpc) is 2.48. The van der Waals surface area contributed by atoms with Gasteiger partial charge in [-0.05, 0) is 6.42 Å². The van der Waals surface area contributed by atoms with Gasteiger partial charge in [-0.15, -0.1) is 4.57 Å². The Kier molecular flexibility index (Phi) is 2.29. The van der Waals surface area contributed by atoms with Gasteiger partial charge in [0.15, 0.2) is 5.65 Å². The van der Waals surface area contributed by atoms with Gasteiger partial charge >= 0.3 is 0 Å². The van der Waals surface area contributed by atoms with Crippen molar-refractivity contribution in [3.8, 4) is 0 Å². The van der Waals surface area contributed by atoms with Crippen molar-refractivity contribution < 1.29 is 4.52 Å². The zero-order chi connectivity index (χ0) is 10.1. The van der Waals surface area contributed by atoms with Crippen LogP contribution in [0.15, 0.2) is 21.5 Å². The van der Waals surface area contributed by atoms with Crippen LogP contribution in [0.1, 0.15) is 19.1 Å². The zero-order valence-corrected chi connectivity index (χ0v) is 8.41. The lowest BCUT2D eigenvalue weighted by Gasteiger charge is -1.90. The molecule has 0 N–H and O–H groups in total. The average molecular weight is 213 g/mol. The molecule has 0 amide bonds. The van der Waals surface area contributed by atoms with E-state index in [9.17, 15) is 4.79 Å². The van der Waals surface area contributed by atoms with Crippen molar-refractivity contribution in [1.82, 2.24) is 9.56 Å². The first-order valence-corrected chi connectivity index (χ1v) is 4.77. The summed E-state index contributed by atoms with van der Waals surface area (Å²) in [5.41, 5.74) is 0.174. The van der Waals surface area contributed by atoms with Crippen LogP contribution in [-0.2, 0) is 6.42 Å². The van der Waals surface area contributed by atoms with E-state index in [-0.39, 0.29) is 10.7 Å². The third-order valence-electron chi connectivity index (χ3n) is 1.87. The molecular weight excluding hydrogens is 204 g/mol. The van der Waals surface area contributed by atoms with E-state index in [0.29, 0.717) is 5.65 Å². The molecule has 2 heterocycles. The minimum absolute atomic E-state index is 0.193. The quantitative estimate of drug-likeness (QED) is 0.715. The molecule has 4 nitrogen and oxygen atoms in total. The number of rotatable bonds is 2. The monoisotopic (exact) mass is 212 g/mol. The van der Waals surface area contributed by atoms with E-state index < -0.39 is 0 Å². The molecule has 14 heavy (non-hydrogen) atoms. The molecule has 5 heteroatoms. The van der Waals surface area contributed by atoms with Crippen molar-refractivity contribution in [2.24, 2.45) is 0 Å². The van der Waals surface area contributed by atoms with Gasteiger partial charge in [-0.25, -0.2) is 4.98 Å². The van der Waals surface area contributed by atoms with Crippen LogP contribution in [0, 0.1) is 0 Å². The lowest BCUT2D eigenvalue weighted by Crippen LogP contribution is -2.10. The molecule has 0 aromatic carbocycles. The molecule has 0 saturated heterocycles. The summed E-state index contributed by atoms with van der Waals surface area (Å²) >= 11 is 5.64. The fourth-order valence-corrected chi connectivity index (χ4v) is 1.47. The number of hydrogen-bond donors (Lipinski definition) is 0. The van der Waals surface area contributed by atoms with Gasteiger partial charge in [0.2, 0.25) is 0 Å². The molecule has 2 aromatic heterocycles. The summed E-state index contributed by atoms with van der Waals surface area (Å²) in [5.74, 6) is 0.749. The fraction of sp³-hybridized carbons (Fsp3) is 0.333. The van der Waals surface area contributed by atoms with Gasteiger partial charge in [0.25, 0.3) is 5.56 Å². The molecule has 0 atom stereocenters. The Morgan fingerprint density at radius 1 is 1.57 bits per heavy atom. The highest BCUT2D eigenvalue weighted by Gasteiger charge is 2.06. The molecule has 74 valence electrons. The van der Waals surface area contributed by atoms with Crippen molar-refractivity contribution in [2.45, 2.75) is 19.8 Å². The van der Waals surface area contributed by atoms with Crippen molar-refractivity contribution in [3.05, 3.63) is 33.4 Å². The van der Waals surface area contributed by atoms with Gasteiger partial charge in [0.1, 0.15) is 10.9 Å². The molecule has 0 spiro atoms. The van der Waals surface area contributed by atoms with E-state index >= 15 is 0 Å². The summed E-state index contributed by atoms with van der Waals surface area (Å²) in [5, 5.41) is 0.193. The Morgan fingerprint density at radius 2 is 2.36 bits per heavy atom. The molecule has 0 bridgehead atoms. The molecular formula is C9H9ClN2O2. The number of halogens is 1. The van der Waals surface area contributed by atoms with Gasteiger partial charge in [-0.2, -0.15) is 0 Å². The SMILES string of the molecule is CCCc1cc2nc(Cl)cc(=O)n2o1. The molecule has 2 aromatic rings. The zero-order valence-electron chi connectivity index (χ0n) is 7.66. The Labute approximate surface area is 85.1 Å². The first-order valence-electron chi connectivity index (χ1n) is 4.39. The first-order chi connectivity index (χ1) is 6.70. The molecule has 0 aliphatic rings. The van der Waals surface area contributed by atoms with Crippen molar-refractivity contribution in [1.29, 1.82) is 0 Å². The lowest BCUT2D eigenvalue weighted by atomic mass is 10.3. The second kappa shape index (κ2) is 3.46. The van der Waals surface area contributed by atoms with Crippen LogP contribution in [0.3, 0.4) is 0 Å². The van der Waals surface area contributed by atoms with Gasteiger partial charge < -0.3 is 4.52 Å². The van der Waals surface area contributed by atoms with Crippen molar-refractivity contribution in [2.75, 3.05) is 0 Å². The van der Waals surface area contributed by atoms with Gasteiger partial charge in [-0.1, -0.05) is 18.5 Å². The predicted octanol–water partition coefficient (Wildman–Crippen LogP) is 1.89. The van der Waals surface area contributed by atoms with Crippen LogP contribution in [-0.4, -0.2) is 9.56 Å². The summed E-state index contributed by atoms with van der Waals surface area (Å²) in [7, 11) is 0. The smallest absolute Gasteiger partial charge is 0.288 e. The molecule has 0 saturated carbocycles.